The van der Waals surface area contributed by atoms with Crippen molar-refractivity contribution < 1.29 is 5.11 Å². The summed E-state index contributed by atoms with van der Waals surface area (Å²) in [6.45, 7) is 4.22. The van der Waals surface area contributed by atoms with Gasteiger partial charge in [-0.2, -0.15) is 0 Å². The van der Waals surface area contributed by atoms with Gasteiger partial charge in [-0.05, 0) is 37.0 Å². The first-order chi connectivity index (χ1) is 9.75. The Bertz CT molecular complexity index is 577. The molecule has 3 nitrogen and oxygen atoms in total. The molecule has 1 aliphatic heterocycles. The van der Waals surface area contributed by atoms with Gasteiger partial charge in [-0.3, -0.25) is 0 Å². The molecule has 1 atom stereocenters. The van der Waals surface area contributed by atoms with E-state index in [1.54, 1.807) is 0 Å². The van der Waals surface area contributed by atoms with Crippen LogP contribution < -0.4 is 4.90 Å². The zero-order chi connectivity index (χ0) is 13.9. The van der Waals surface area contributed by atoms with E-state index in [0.29, 0.717) is 0 Å². The Balaban J connectivity index is 1.87. The quantitative estimate of drug-likeness (QED) is 0.929. The summed E-state index contributed by atoms with van der Waals surface area (Å²) >= 11 is 0. The third-order valence-electron chi connectivity index (χ3n) is 3.98. The maximum atomic E-state index is 10.5. The number of anilines is 1. The molecule has 0 radical (unpaired) electrons. The number of aryl methyl sites for hydroxylation is 1. The first-order valence-corrected chi connectivity index (χ1v) is 7.20. The summed E-state index contributed by atoms with van der Waals surface area (Å²) < 4.78 is 0. The van der Waals surface area contributed by atoms with E-state index in [1.807, 2.05) is 43.5 Å². The number of aliphatic hydroxyl groups excluding tert-OH is 1. The van der Waals surface area contributed by atoms with Crippen molar-refractivity contribution in [3.8, 4) is 0 Å². The van der Waals surface area contributed by atoms with Gasteiger partial charge in [0.2, 0.25) is 0 Å². The molecule has 2 aromatic rings. The number of aliphatic hydroxyl groups is 1. The lowest BCUT2D eigenvalue weighted by Gasteiger charge is -2.19. The molecule has 3 heteroatoms. The van der Waals surface area contributed by atoms with Crippen LogP contribution in [0.5, 0.6) is 0 Å². The van der Waals surface area contributed by atoms with Crippen LogP contribution in [0.1, 0.15) is 35.6 Å². The van der Waals surface area contributed by atoms with Gasteiger partial charge in [-0.25, -0.2) is 4.98 Å². The average Bonchev–Trinajstić information content (AvgIpc) is 3.01. The molecule has 0 amide bonds. The minimum absolute atomic E-state index is 0.601. The van der Waals surface area contributed by atoms with Crippen LogP contribution in [0, 0.1) is 6.92 Å². The van der Waals surface area contributed by atoms with Crippen molar-refractivity contribution in [1.29, 1.82) is 0 Å². The van der Waals surface area contributed by atoms with Crippen molar-refractivity contribution in [3.05, 3.63) is 59.3 Å². The molecular formula is C17H20N2O. The maximum Gasteiger partial charge on any atom is 0.128 e. The molecule has 0 spiro atoms. The highest BCUT2D eigenvalue weighted by molar-refractivity contribution is 5.46. The van der Waals surface area contributed by atoms with Gasteiger partial charge in [0.05, 0.1) is 0 Å². The molecule has 0 aliphatic carbocycles. The molecule has 0 bridgehead atoms. The smallest absolute Gasteiger partial charge is 0.128 e. The van der Waals surface area contributed by atoms with Crippen LogP contribution >= 0.6 is 0 Å². The molecule has 1 aromatic carbocycles. The Hall–Kier alpha value is -1.87. The van der Waals surface area contributed by atoms with Gasteiger partial charge >= 0.3 is 0 Å². The number of hydrogen-bond donors (Lipinski definition) is 1. The fourth-order valence-corrected chi connectivity index (χ4v) is 2.77. The van der Waals surface area contributed by atoms with Gasteiger partial charge in [0.1, 0.15) is 11.9 Å². The minimum atomic E-state index is -0.601. The molecule has 1 fully saturated rings. The normalized spacial score (nSPS) is 16.4. The standard InChI is InChI=1S/C17H20N2O/c1-13-11-16(19-9-5-6-10-19)18-12-15(13)17(20)14-7-3-2-4-8-14/h2-4,7-8,11-12,17,20H,5-6,9-10H2,1H3/t17-/m1/s1. The van der Waals surface area contributed by atoms with Gasteiger partial charge in [0, 0.05) is 24.8 Å². The van der Waals surface area contributed by atoms with Crippen molar-refractivity contribution in [2.45, 2.75) is 25.9 Å². The summed E-state index contributed by atoms with van der Waals surface area (Å²) in [5, 5.41) is 10.5. The second-order valence-electron chi connectivity index (χ2n) is 5.41. The Kier molecular flexibility index (Phi) is 3.70. The summed E-state index contributed by atoms with van der Waals surface area (Å²) in [4.78, 5) is 6.85. The maximum absolute atomic E-state index is 10.5. The van der Waals surface area contributed by atoms with E-state index < -0.39 is 6.10 Å². The van der Waals surface area contributed by atoms with E-state index in [4.69, 9.17) is 0 Å². The van der Waals surface area contributed by atoms with E-state index >= 15 is 0 Å². The minimum Gasteiger partial charge on any atom is -0.384 e. The fourth-order valence-electron chi connectivity index (χ4n) is 2.77. The van der Waals surface area contributed by atoms with Crippen LogP contribution in [-0.2, 0) is 0 Å². The molecule has 1 aliphatic rings. The van der Waals surface area contributed by atoms with Gasteiger partial charge in [0.15, 0.2) is 0 Å². The summed E-state index contributed by atoms with van der Waals surface area (Å²) in [5.74, 6) is 1.03. The first-order valence-electron chi connectivity index (χ1n) is 7.20. The zero-order valence-corrected chi connectivity index (χ0v) is 11.8. The van der Waals surface area contributed by atoms with E-state index in [1.165, 1.54) is 12.8 Å². The zero-order valence-electron chi connectivity index (χ0n) is 11.8. The van der Waals surface area contributed by atoms with Gasteiger partial charge in [-0.1, -0.05) is 30.3 Å². The molecule has 1 saturated heterocycles. The number of pyridine rings is 1. The molecule has 1 N–H and O–H groups in total. The summed E-state index contributed by atoms with van der Waals surface area (Å²) in [7, 11) is 0. The van der Waals surface area contributed by atoms with Crippen LogP contribution in [-0.4, -0.2) is 23.2 Å². The molecule has 1 aromatic heterocycles. The van der Waals surface area contributed by atoms with Crippen LogP contribution in [0.2, 0.25) is 0 Å². The summed E-state index contributed by atoms with van der Waals surface area (Å²) in [6, 6.07) is 11.8. The van der Waals surface area contributed by atoms with Crippen LogP contribution in [0.25, 0.3) is 0 Å². The summed E-state index contributed by atoms with van der Waals surface area (Å²) in [6.07, 6.45) is 3.71. The van der Waals surface area contributed by atoms with Crippen molar-refractivity contribution in [2.75, 3.05) is 18.0 Å². The number of rotatable bonds is 3. The summed E-state index contributed by atoms with van der Waals surface area (Å²) in [5.41, 5.74) is 2.89. The van der Waals surface area contributed by atoms with Crippen LogP contribution in [0.15, 0.2) is 42.6 Å². The molecule has 3 rings (SSSR count). The third-order valence-corrected chi connectivity index (χ3v) is 3.98. The molecule has 2 heterocycles. The fraction of sp³-hybridized carbons (Fsp3) is 0.353. The lowest BCUT2D eigenvalue weighted by molar-refractivity contribution is 0.219. The first kappa shape index (κ1) is 13.1. The van der Waals surface area contributed by atoms with Crippen LogP contribution in [0.4, 0.5) is 5.82 Å². The number of benzene rings is 1. The van der Waals surface area contributed by atoms with Crippen molar-refractivity contribution in [2.24, 2.45) is 0 Å². The van der Waals surface area contributed by atoms with E-state index in [-0.39, 0.29) is 0 Å². The largest absolute Gasteiger partial charge is 0.384 e. The predicted octanol–water partition coefficient (Wildman–Crippen LogP) is 3.07. The van der Waals surface area contributed by atoms with Crippen molar-refractivity contribution in [1.82, 2.24) is 4.98 Å². The van der Waals surface area contributed by atoms with Gasteiger partial charge in [0.25, 0.3) is 0 Å². The molecular weight excluding hydrogens is 248 g/mol. The number of hydrogen-bond acceptors (Lipinski definition) is 3. The van der Waals surface area contributed by atoms with Gasteiger partial charge < -0.3 is 10.0 Å². The Morgan fingerprint density at radius 2 is 1.85 bits per heavy atom. The average molecular weight is 268 g/mol. The van der Waals surface area contributed by atoms with E-state index in [0.717, 1.165) is 35.6 Å². The topological polar surface area (TPSA) is 36.4 Å². The molecule has 104 valence electrons. The van der Waals surface area contributed by atoms with Gasteiger partial charge in [-0.15, -0.1) is 0 Å². The lowest BCUT2D eigenvalue weighted by atomic mass is 9.99. The SMILES string of the molecule is Cc1cc(N2CCCC2)ncc1[C@H](O)c1ccccc1. The van der Waals surface area contributed by atoms with E-state index in [9.17, 15) is 5.11 Å². The van der Waals surface area contributed by atoms with E-state index in [2.05, 4.69) is 16.0 Å². The lowest BCUT2D eigenvalue weighted by Crippen LogP contribution is -2.19. The second-order valence-corrected chi connectivity index (χ2v) is 5.41. The Morgan fingerprint density at radius 1 is 1.15 bits per heavy atom. The molecule has 0 saturated carbocycles. The predicted molar refractivity (Wildman–Crippen MR) is 80.9 cm³/mol. The highest BCUT2D eigenvalue weighted by atomic mass is 16.3. The number of nitrogens with zero attached hydrogens (tertiary/aromatic N) is 2. The third kappa shape index (κ3) is 2.54. The Labute approximate surface area is 119 Å². The Morgan fingerprint density at radius 3 is 2.50 bits per heavy atom. The van der Waals surface area contributed by atoms with Crippen LogP contribution in [0.3, 0.4) is 0 Å². The van der Waals surface area contributed by atoms with Crippen molar-refractivity contribution >= 4 is 5.82 Å². The highest BCUT2D eigenvalue weighted by Gasteiger charge is 2.17. The highest BCUT2D eigenvalue weighted by Crippen LogP contribution is 2.27. The van der Waals surface area contributed by atoms with Crippen molar-refractivity contribution in [3.63, 3.8) is 0 Å². The molecule has 20 heavy (non-hydrogen) atoms. The molecule has 0 unspecified atom stereocenters. The number of aromatic nitrogens is 1. The monoisotopic (exact) mass is 268 g/mol. The second kappa shape index (κ2) is 5.63.